The van der Waals surface area contributed by atoms with Gasteiger partial charge >= 0.3 is 0 Å². The summed E-state index contributed by atoms with van der Waals surface area (Å²) in [7, 11) is 0. The highest BCUT2D eigenvalue weighted by atomic mass is 19.3. The van der Waals surface area contributed by atoms with Gasteiger partial charge in [-0.15, -0.1) is 0 Å². The van der Waals surface area contributed by atoms with Crippen LogP contribution in [0.4, 0.5) is 8.78 Å². The molecule has 1 aliphatic rings. The highest BCUT2D eigenvalue weighted by Crippen LogP contribution is 2.35. The first-order valence-electron chi connectivity index (χ1n) is 7.58. The Kier molecular flexibility index (Phi) is 4.34. The molecule has 1 saturated carbocycles. The maximum atomic E-state index is 13.2. The summed E-state index contributed by atoms with van der Waals surface area (Å²) in [5, 5.41) is 0.647. The van der Waals surface area contributed by atoms with E-state index in [0.717, 1.165) is 5.56 Å². The molecule has 1 aliphatic carbocycles. The van der Waals surface area contributed by atoms with Gasteiger partial charge < -0.3 is 15.5 Å². The number of H-pyrrole nitrogens is 1. The zero-order chi connectivity index (χ0) is 17.2. The van der Waals surface area contributed by atoms with Gasteiger partial charge in [-0.2, -0.15) is 0 Å². The number of halogens is 2. The van der Waals surface area contributed by atoms with Crippen molar-refractivity contribution < 1.29 is 18.3 Å². The van der Waals surface area contributed by atoms with Crippen molar-refractivity contribution in [1.82, 2.24) is 15.0 Å². The Morgan fingerprint density at radius 3 is 2.88 bits per heavy atom. The standard InChI is InChI=1S/C16H16F2N4O2/c17-16(18)6-4-11(5-7-16)24-15-13-10(2-1-3-12(19)23)8-20-14(13)21-9-22-15/h8-9,11H,2,4-7H2,(H2,19,23)(H,20,21,22). The van der Waals surface area contributed by atoms with E-state index in [1.54, 1.807) is 6.20 Å². The number of hydrogen-bond donors (Lipinski definition) is 2. The molecule has 1 fully saturated rings. The number of rotatable bonds is 3. The predicted molar refractivity (Wildman–Crippen MR) is 82.4 cm³/mol. The smallest absolute Gasteiger partial charge is 0.293 e. The topological polar surface area (TPSA) is 93.9 Å². The van der Waals surface area contributed by atoms with Crippen LogP contribution in [0, 0.1) is 11.8 Å². The number of fused-ring (bicyclic) bond motifs is 1. The minimum atomic E-state index is -2.61. The fourth-order valence-electron chi connectivity index (χ4n) is 2.74. The Hall–Kier alpha value is -2.69. The van der Waals surface area contributed by atoms with Crippen LogP contribution in [-0.2, 0) is 11.2 Å². The molecule has 24 heavy (non-hydrogen) atoms. The molecule has 0 bridgehead atoms. The van der Waals surface area contributed by atoms with Crippen LogP contribution in [0.15, 0.2) is 12.5 Å². The molecule has 2 heterocycles. The number of aromatic nitrogens is 3. The first kappa shape index (κ1) is 16.2. The molecule has 2 aromatic rings. The van der Waals surface area contributed by atoms with Crippen molar-refractivity contribution in [2.24, 2.45) is 5.73 Å². The number of alkyl halides is 2. The molecule has 0 spiro atoms. The van der Waals surface area contributed by atoms with Gasteiger partial charge in [0.05, 0.1) is 5.39 Å². The number of carbonyl (C=O) groups is 1. The van der Waals surface area contributed by atoms with Gasteiger partial charge in [-0.05, 0) is 24.3 Å². The molecule has 8 heteroatoms. The molecule has 2 aromatic heterocycles. The largest absolute Gasteiger partial charge is 0.474 e. The van der Waals surface area contributed by atoms with Crippen molar-refractivity contribution in [2.75, 3.05) is 0 Å². The van der Waals surface area contributed by atoms with Gasteiger partial charge in [0.1, 0.15) is 18.1 Å². The normalized spacial score (nSPS) is 17.2. The molecule has 1 amide bonds. The van der Waals surface area contributed by atoms with E-state index >= 15 is 0 Å². The van der Waals surface area contributed by atoms with Crippen LogP contribution in [0.25, 0.3) is 11.0 Å². The summed E-state index contributed by atoms with van der Waals surface area (Å²) in [5.41, 5.74) is 6.32. The Morgan fingerprint density at radius 1 is 1.42 bits per heavy atom. The molecule has 0 radical (unpaired) electrons. The third-order valence-corrected chi connectivity index (χ3v) is 3.95. The summed E-state index contributed by atoms with van der Waals surface area (Å²) in [5.74, 6) is 1.96. The zero-order valence-corrected chi connectivity index (χ0v) is 12.8. The van der Waals surface area contributed by atoms with Gasteiger partial charge in [-0.1, -0.05) is 5.92 Å². The van der Waals surface area contributed by atoms with Crippen molar-refractivity contribution in [3.05, 3.63) is 18.1 Å². The van der Waals surface area contributed by atoms with Crippen LogP contribution in [-0.4, -0.2) is 32.9 Å². The van der Waals surface area contributed by atoms with Crippen LogP contribution in [0.3, 0.4) is 0 Å². The lowest BCUT2D eigenvalue weighted by molar-refractivity contribution is -0.112. The Labute approximate surface area is 136 Å². The number of nitrogens with zero attached hydrogens (tertiary/aromatic N) is 2. The summed E-state index contributed by atoms with van der Waals surface area (Å²) >= 11 is 0. The Bertz CT molecular complexity index is 812. The van der Waals surface area contributed by atoms with E-state index in [1.165, 1.54) is 6.33 Å². The highest BCUT2D eigenvalue weighted by molar-refractivity contribution is 5.92. The van der Waals surface area contributed by atoms with Crippen LogP contribution in [0.1, 0.15) is 31.2 Å². The van der Waals surface area contributed by atoms with Gasteiger partial charge in [0, 0.05) is 25.5 Å². The second kappa shape index (κ2) is 6.43. The maximum Gasteiger partial charge on any atom is 0.293 e. The van der Waals surface area contributed by atoms with E-state index in [1.807, 2.05) is 0 Å². The summed E-state index contributed by atoms with van der Waals surface area (Å²) < 4.78 is 32.3. The average Bonchev–Trinajstić information content (AvgIpc) is 2.93. The van der Waals surface area contributed by atoms with E-state index in [-0.39, 0.29) is 38.2 Å². The van der Waals surface area contributed by atoms with Crippen LogP contribution in [0.2, 0.25) is 0 Å². The van der Waals surface area contributed by atoms with Gasteiger partial charge in [0.15, 0.2) is 0 Å². The Balaban J connectivity index is 1.82. The summed E-state index contributed by atoms with van der Waals surface area (Å²) in [6.07, 6.45) is 3.21. The molecule has 6 nitrogen and oxygen atoms in total. The van der Waals surface area contributed by atoms with Gasteiger partial charge in [-0.25, -0.2) is 18.7 Å². The minimum absolute atomic E-state index is 0.185. The van der Waals surface area contributed by atoms with Gasteiger partial charge in [0.2, 0.25) is 11.8 Å². The second-order valence-electron chi connectivity index (χ2n) is 5.73. The number of aromatic amines is 1. The van der Waals surface area contributed by atoms with Crippen molar-refractivity contribution in [3.8, 4) is 17.7 Å². The molecular formula is C16H16F2N4O2. The lowest BCUT2D eigenvalue weighted by Crippen LogP contribution is -2.31. The molecule has 0 saturated heterocycles. The molecule has 0 aromatic carbocycles. The van der Waals surface area contributed by atoms with Crippen molar-refractivity contribution >= 4 is 16.9 Å². The predicted octanol–water partition coefficient (Wildman–Crippen LogP) is 1.95. The highest BCUT2D eigenvalue weighted by Gasteiger charge is 2.36. The van der Waals surface area contributed by atoms with E-state index in [4.69, 9.17) is 10.5 Å². The minimum Gasteiger partial charge on any atom is -0.474 e. The summed E-state index contributed by atoms with van der Waals surface area (Å²) in [6, 6.07) is 0. The monoisotopic (exact) mass is 334 g/mol. The molecule has 0 aliphatic heterocycles. The second-order valence-corrected chi connectivity index (χ2v) is 5.73. The van der Waals surface area contributed by atoms with Gasteiger partial charge in [0.25, 0.3) is 5.91 Å². The maximum absolute atomic E-state index is 13.2. The van der Waals surface area contributed by atoms with E-state index in [9.17, 15) is 13.6 Å². The lowest BCUT2D eigenvalue weighted by Gasteiger charge is -2.28. The first-order valence-corrected chi connectivity index (χ1v) is 7.58. The number of nitrogens with two attached hydrogens (primary N) is 1. The summed E-state index contributed by atoms with van der Waals surface area (Å²) in [6.45, 7) is 0. The molecular weight excluding hydrogens is 318 g/mol. The number of ether oxygens (including phenoxy) is 1. The number of nitrogens with one attached hydrogen (secondary N) is 1. The van der Waals surface area contributed by atoms with E-state index < -0.39 is 11.8 Å². The van der Waals surface area contributed by atoms with Crippen LogP contribution >= 0.6 is 0 Å². The quantitative estimate of drug-likeness (QED) is 0.839. The number of primary amides is 1. The van der Waals surface area contributed by atoms with Crippen molar-refractivity contribution in [3.63, 3.8) is 0 Å². The van der Waals surface area contributed by atoms with E-state index in [2.05, 4.69) is 26.8 Å². The molecule has 126 valence electrons. The molecule has 3 N–H and O–H groups in total. The van der Waals surface area contributed by atoms with Crippen molar-refractivity contribution in [1.29, 1.82) is 0 Å². The van der Waals surface area contributed by atoms with Gasteiger partial charge in [-0.3, -0.25) is 4.79 Å². The van der Waals surface area contributed by atoms with Crippen molar-refractivity contribution in [2.45, 2.75) is 44.1 Å². The Morgan fingerprint density at radius 2 is 2.17 bits per heavy atom. The number of carbonyl (C=O) groups excluding carboxylic acids is 1. The SMILES string of the molecule is NC(=O)C#CCc1c[nH]c2ncnc(OC3CCC(F)(F)CC3)c12. The van der Waals surface area contributed by atoms with Crippen LogP contribution < -0.4 is 10.5 Å². The van der Waals surface area contributed by atoms with E-state index in [0.29, 0.717) is 16.9 Å². The fraction of sp³-hybridized carbons (Fsp3) is 0.438. The first-order chi connectivity index (χ1) is 11.4. The molecule has 0 unspecified atom stereocenters. The summed E-state index contributed by atoms with van der Waals surface area (Å²) in [4.78, 5) is 21.9. The third-order valence-electron chi connectivity index (χ3n) is 3.95. The molecule has 3 rings (SSSR count). The third kappa shape index (κ3) is 3.62. The fourth-order valence-corrected chi connectivity index (χ4v) is 2.74. The average molecular weight is 334 g/mol. The lowest BCUT2D eigenvalue weighted by atomic mass is 9.94. The number of hydrogen-bond acceptors (Lipinski definition) is 4. The number of amides is 1. The molecule has 0 atom stereocenters. The zero-order valence-electron chi connectivity index (χ0n) is 12.8. The van der Waals surface area contributed by atoms with Crippen LogP contribution in [0.5, 0.6) is 5.88 Å².